The number of carbonyl (C=O) groups is 1. The molecule has 0 aromatic heterocycles. The smallest absolute Gasteiger partial charge is 0.258 e. The lowest BCUT2D eigenvalue weighted by molar-refractivity contribution is 0.0979. The number of nitrogens with zero attached hydrogens (tertiary/aromatic N) is 1. The highest BCUT2D eigenvalue weighted by Gasteiger charge is 2.32. The van der Waals surface area contributed by atoms with Gasteiger partial charge in [-0.1, -0.05) is 18.2 Å². The minimum absolute atomic E-state index is 0.0530. The first-order valence-electron chi connectivity index (χ1n) is 8.08. The van der Waals surface area contributed by atoms with Crippen molar-refractivity contribution in [2.24, 2.45) is 0 Å². The summed E-state index contributed by atoms with van der Waals surface area (Å²) in [6, 6.07) is 11.6. The Morgan fingerprint density at radius 1 is 1.21 bits per heavy atom. The van der Waals surface area contributed by atoms with Gasteiger partial charge >= 0.3 is 0 Å². The van der Waals surface area contributed by atoms with Crippen molar-refractivity contribution in [1.82, 2.24) is 0 Å². The standard InChI is InChI=1S/C19H19NO4/c1-12-9-13-5-3-4-6-15(13)20(12)19(21)14-10-16(22-2)18-17(11-14)23-7-8-24-18/h3-6,10-12H,7-9H2,1-2H3/t12-/m1/s1. The van der Waals surface area contributed by atoms with Crippen LogP contribution in [0.2, 0.25) is 0 Å². The van der Waals surface area contributed by atoms with Crippen LogP contribution in [-0.2, 0) is 6.42 Å². The van der Waals surface area contributed by atoms with Gasteiger partial charge in [0.15, 0.2) is 11.5 Å². The molecule has 5 nitrogen and oxygen atoms in total. The third-order valence-corrected chi connectivity index (χ3v) is 4.50. The molecule has 4 rings (SSSR count). The fraction of sp³-hybridized carbons (Fsp3) is 0.316. The van der Waals surface area contributed by atoms with Crippen molar-refractivity contribution in [2.45, 2.75) is 19.4 Å². The lowest BCUT2D eigenvalue weighted by Crippen LogP contribution is -2.35. The largest absolute Gasteiger partial charge is 0.493 e. The van der Waals surface area contributed by atoms with Gasteiger partial charge in [0.2, 0.25) is 5.75 Å². The van der Waals surface area contributed by atoms with Crippen molar-refractivity contribution in [1.29, 1.82) is 0 Å². The van der Waals surface area contributed by atoms with Crippen LogP contribution in [0, 0.1) is 0 Å². The Balaban J connectivity index is 1.75. The number of hydrogen-bond acceptors (Lipinski definition) is 4. The highest BCUT2D eigenvalue weighted by molar-refractivity contribution is 6.08. The van der Waals surface area contributed by atoms with Gasteiger partial charge in [0.05, 0.1) is 7.11 Å². The van der Waals surface area contributed by atoms with Gasteiger partial charge in [0.1, 0.15) is 13.2 Å². The van der Waals surface area contributed by atoms with Gasteiger partial charge in [0.25, 0.3) is 5.91 Å². The predicted molar refractivity (Wildman–Crippen MR) is 90.4 cm³/mol. The van der Waals surface area contributed by atoms with Crippen LogP contribution < -0.4 is 19.1 Å². The van der Waals surface area contributed by atoms with Crippen molar-refractivity contribution in [3.63, 3.8) is 0 Å². The molecule has 2 heterocycles. The van der Waals surface area contributed by atoms with Gasteiger partial charge in [0, 0.05) is 17.3 Å². The first-order chi connectivity index (χ1) is 11.7. The normalized spacial score (nSPS) is 18.2. The van der Waals surface area contributed by atoms with Crippen molar-refractivity contribution in [3.8, 4) is 17.2 Å². The Morgan fingerprint density at radius 3 is 2.83 bits per heavy atom. The molecular weight excluding hydrogens is 306 g/mol. The molecule has 5 heteroatoms. The van der Waals surface area contributed by atoms with Crippen LogP contribution >= 0.6 is 0 Å². The Labute approximate surface area is 140 Å². The third-order valence-electron chi connectivity index (χ3n) is 4.50. The van der Waals surface area contributed by atoms with E-state index in [1.54, 1.807) is 19.2 Å². The van der Waals surface area contributed by atoms with Gasteiger partial charge in [-0.25, -0.2) is 0 Å². The molecule has 0 unspecified atom stereocenters. The third kappa shape index (κ3) is 2.28. The minimum Gasteiger partial charge on any atom is -0.493 e. The SMILES string of the molecule is COc1cc(C(=O)N2c3ccccc3C[C@H]2C)cc2c1OCCO2. The van der Waals surface area contributed by atoms with E-state index in [0.29, 0.717) is 36.0 Å². The maximum atomic E-state index is 13.1. The summed E-state index contributed by atoms with van der Waals surface area (Å²) in [7, 11) is 1.57. The second kappa shape index (κ2) is 5.74. The molecule has 0 saturated carbocycles. The highest BCUT2D eigenvalue weighted by Crippen LogP contribution is 2.41. The monoisotopic (exact) mass is 325 g/mol. The fourth-order valence-electron chi connectivity index (χ4n) is 3.41. The molecule has 0 bridgehead atoms. The highest BCUT2D eigenvalue weighted by atomic mass is 16.6. The molecule has 0 saturated heterocycles. The van der Waals surface area contributed by atoms with Crippen LogP contribution in [0.15, 0.2) is 36.4 Å². The Morgan fingerprint density at radius 2 is 2.00 bits per heavy atom. The van der Waals surface area contributed by atoms with E-state index >= 15 is 0 Å². The zero-order chi connectivity index (χ0) is 16.7. The summed E-state index contributed by atoms with van der Waals surface area (Å²) in [6.07, 6.45) is 0.865. The molecule has 1 amide bonds. The molecule has 24 heavy (non-hydrogen) atoms. The van der Waals surface area contributed by atoms with Crippen LogP contribution in [0.3, 0.4) is 0 Å². The zero-order valence-corrected chi connectivity index (χ0v) is 13.7. The summed E-state index contributed by atoms with van der Waals surface area (Å²) in [4.78, 5) is 15.0. The molecule has 1 atom stereocenters. The van der Waals surface area contributed by atoms with E-state index in [2.05, 4.69) is 13.0 Å². The van der Waals surface area contributed by atoms with Crippen LogP contribution in [0.5, 0.6) is 17.2 Å². The van der Waals surface area contributed by atoms with Crippen LogP contribution in [0.25, 0.3) is 0 Å². The number of para-hydroxylation sites is 1. The predicted octanol–water partition coefficient (Wildman–Crippen LogP) is 3.06. The van der Waals surface area contributed by atoms with Crippen molar-refractivity contribution < 1.29 is 19.0 Å². The van der Waals surface area contributed by atoms with E-state index in [1.807, 2.05) is 23.1 Å². The van der Waals surface area contributed by atoms with Crippen molar-refractivity contribution in [3.05, 3.63) is 47.5 Å². The number of methoxy groups -OCH3 is 1. The number of amides is 1. The molecule has 0 N–H and O–H groups in total. The summed E-state index contributed by atoms with van der Waals surface area (Å²) in [5.41, 5.74) is 2.71. The topological polar surface area (TPSA) is 48.0 Å². The average Bonchev–Trinajstić information content (AvgIpc) is 2.95. The minimum atomic E-state index is -0.0530. The van der Waals surface area contributed by atoms with E-state index in [1.165, 1.54) is 5.56 Å². The zero-order valence-electron chi connectivity index (χ0n) is 13.7. The summed E-state index contributed by atoms with van der Waals surface area (Å²) >= 11 is 0. The lowest BCUT2D eigenvalue weighted by Gasteiger charge is -2.25. The average molecular weight is 325 g/mol. The number of anilines is 1. The van der Waals surface area contributed by atoms with Gasteiger partial charge in [-0.3, -0.25) is 4.79 Å². The lowest BCUT2D eigenvalue weighted by atomic mass is 10.1. The maximum absolute atomic E-state index is 13.1. The summed E-state index contributed by atoms with van der Waals surface area (Å²) in [6.45, 7) is 3.01. The molecule has 0 fully saturated rings. The summed E-state index contributed by atoms with van der Waals surface area (Å²) in [5, 5.41) is 0. The van der Waals surface area contributed by atoms with Crippen LogP contribution in [0.1, 0.15) is 22.8 Å². The molecule has 0 radical (unpaired) electrons. The molecule has 124 valence electrons. The van der Waals surface area contributed by atoms with E-state index in [9.17, 15) is 4.79 Å². The van der Waals surface area contributed by atoms with Gasteiger partial charge < -0.3 is 19.1 Å². The van der Waals surface area contributed by atoms with E-state index < -0.39 is 0 Å². The first kappa shape index (κ1) is 14.9. The molecule has 2 aliphatic rings. The van der Waals surface area contributed by atoms with Crippen LogP contribution in [0.4, 0.5) is 5.69 Å². The first-order valence-corrected chi connectivity index (χ1v) is 8.08. The number of ether oxygens (including phenoxy) is 3. The Hall–Kier alpha value is -2.69. The second-order valence-electron chi connectivity index (χ2n) is 6.06. The number of fused-ring (bicyclic) bond motifs is 2. The van der Waals surface area contributed by atoms with E-state index in [-0.39, 0.29) is 11.9 Å². The molecule has 0 aliphatic carbocycles. The van der Waals surface area contributed by atoms with Crippen molar-refractivity contribution >= 4 is 11.6 Å². The Bertz CT molecular complexity index is 785. The summed E-state index contributed by atoms with van der Waals surface area (Å²) < 4.78 is 16.6. The number of hydrogen-bond donors (Lipinski definition) is 0. The second-order valence-corrected chi connectivity index (χ2v) is 6.06. The fourth-order valence-corrected chi connectivity index (χ4v) is 3.41. The number of benzene rings is 2. The quantitative estimate of drug-likeness (QED) is 0.851. The maximum Gasteiger partial charge on any atom is 0.258 e. The number of rotatable bonds is 2. The molecule has 2 aliphatic heterocycles. The van der Waals surface area contributed by atoms with Gasteiger partial charge in [-0.2, -0.15) is 0 Å². The Kier molecular flexibility index (Phi) is 3.56. The number of carbonyl (C=O) groups excluding carboxylic acids is 1. The molecule has 0 spiro atoms. The van der Waals surface area contributed by atoms with Gasteiger partial charge in [-0.05, 0) is 37.1 Å². The summed E-state index contributed by atoms with van der Waals surface area (Å²) in [5.74, 6) is 1.60. The molecule has 2 aromatic carbocycles. The van der Waals surface area contributed by atoms with E-state index in [0.717, 1.165) is 12.1 Å². The van der Waals surface area contributed by atoms with Crippen molar-refractivity contribution in [2.75, 3.05) is 25.2 Å². The molecule has 2 aromatic rings. The van der Waals surface area contributed by atoms with Crippen LogP contribution in [-0.4, -0.2) is 32.3 Å². The van der Waals surface area contributed by atoms with Gasteiger partial charge in [-0.15, -0.1) is 0 Å². The van der Waals surface area contributed by atoms with E-state index in [4.69, 9.17) is 14.2 Å². The molecular formula is C19H19NO4.